The lowest BCUT2D eigenvalue weighted by molar-refractivity contribution is 0.0697. The van der Waals surface area contributed by atoms with Gasteiger partial charge in [0.15, 0.2) is 0 Å². The number of carbonyl (C=O) groups is 1. The average Bonchev–Trinajstić information content (AvgIpc) is 2.81. The lowest BCUT2D eigenvalue weighted by Gasteiger charge is -2.09. The maximum atomic E-state index is 10.9. The van der Waals surface area contributed by atoms with E-state index >= 15 is 0 Å². The van der Waals surface area contributed by atoms with Crippen molar-refractivity contribution in [2.24, 2.45) is 0 Å². The van der Waals surface area contributed by atoms with Crippen molar-refractivity contribution in [1.29, 1.82) is 0 Å². The molecule has 0 aliphatic carbocycles. The first-order chi connectivity index (χ1) is 7.72. The van der Waals surface area contributed by atoms with Crippen molar-refractivity contribution in [3.63, 3.8) is 0 Å². The molecule has 0 saturated heterocycles. The topological polar surface area (TPSA) is 64.3 Å². The third kappa shape index (κ3) is 1.75. The summed E-state index contributed by atoms with van der Waals surface area (Å²) < 4.78 is 6.86. The van der Waals surface area contributed by atoms with Gasteiger partial charge in [0.1, 0.15) is 5.75 Å². The van der Waals surface area contributed by atoms with Crippen LogP contribution >= 0.6 is 0 Å². The molecule has 82 valence electrons. The van der Waals surface area contributed by atoms with Crippen LogP contribution in [0.2, 0.25) is 0 Å². The smallest absolute Gasteiger partial charge is 0.335 e. The van der Waals surface area contributed by atoms with Crippen LogP contribution in [-0.4, -0.2) is 27.7 Å². The summed E-state index contributed by atoms with van der Waals surface area (Å²) in [6, 6.07) is 4.67. The minimum atomic E-state index is -0.969. The zero-order valence-corrected chi connectivity index (χ0v) is 8.62. The number of aromatic nitrogens is 2. The van der Waals surface area contributed by atoms with E-state index in [-0.39, 0.29) is 5.56 Å². The second-order valence-corrected chi connectivity index (χ2v) is 3.16. The second-order valence-electron chi connectivity index (χ2n) is 3.16. The molecule has 0 amide bonds. The Morgan fingerprint density at radius 1 is 1.50 bits per heavy atom. The number of nitrogens with zero attached hydrogens (tertiary/aromatic N) is 2. The molecular formula is C11H10N2O3. The first kappa shape index (κ1) is 10.2. The molecule has 0 bridgehead atoms. The summed E-state index contributed by atoms with van der Waals surface area (Å²) in [6.07, 6.45) is 4.93. The van der Waals surface area contributed by atoms with E-state index in [9.17, 15) is 4.79 Å². The van der Waals surface area contributed by atoms with E-state index < -0.39 is 5.97 Å². The van der Waals surface area contributed by atoms with Crippen LogP contribution in [-0.2, 0) is 0 Å². The molecule has 2 aromatic rings. The normalized spacial score (nSPS) is 10.1. The molecular weight excluding hydrogens is 208 g/mol. The molecule has 1 aromatic carbocycles. The number of hydrogen-bond acceptors (Lipinski definition) is 3. The van der Waals surface area contributed by atoms with E-state index in [2.05, 4.69) is 4.98 Å². The van der Waals surface area contributed by atoms with Crippen molar-refractivity contribution in [1.82, 2.24) is 9.55 Å². The Morgan fingerprint density at radius 2 is 2.31 bits per heavy atom. The molecule has 16 heavy (non-hydrogen) atoms. The van der Waals surface area contributed by atoms with Crippen LogP contribution in [0.25, 0.3) is 5.69 Å². The van der Waals surface area contributed by atoms with Gasteiger partial charge >= 0.3 is 5.97 Å². The third-order valence-corrected chi connectivity index (χ3v) is 2.21. The van der Waals surface area contributed by atoms with Crippen molar-refractivity contribution < 1.29 is 14.6 Å². The average molecular weight is 218 g/mol. The number of carboxylic acids is 1. The third-order valence-electron chi connectivity index (χ3n) is 2.21. The Kier molecular flexibility index (Phi) is 2.59. The number of imidazole rings is 1. The summed E-state index contributed by atoms with van der Waals surface area (Å²) in [5.41, 5.74) is 0.865. The monoisotopic (exact) mass is 218 g/mol. The van der Waals surface area contributed by atoms with Crippen molar-refractivity contribution in [2.75, 3.05) is 7.11 Å². The number of benzene rings is 1. The summed E-state index contributed by atoms with van der Waals surface area (Å²) in [4.78, 5) is 14.8. The number of hydrogen-bond donors (Lipinski definition) is 1. The number of carboxylic acid groups (broad SMARTS) is 1. The molecule has 0 aliphatic rings. The minimum Gasteiger partial charge on any atom is -0.495 e. The van der Waals surface area contributed by atoms with Crippen molar-refractivity contribution in [3.05, 3.63) is 42.5 Å². The van der Waals surface area contributed by atoms with Crippen LogP contribution in [0.1, 0.15) is 10.4 Å². The molecule has 1 heterocycles. The molecule has 5 nitrogen and oxygen atoms in total. The maximum absolute atomic E-state index is 10.9. The zero-order chi connectivity index (χ0) is 11.5. The summed E-state index contributed by atoms with van der Waals surface area (Å²) >= 11 is 0. The van der Waals surface area contributed by atoms with Crippen LogP contribution in [0.4, 0.5) is 0 Å². The fourth-order valence-electron chi connectivity index (χ4n) is 1.43. The van der Waals surface area contributed by atoms with E-state index in [4.69, 9.17) is 9.84 Å². The molecule has 5 heteroatoms. The largest absolute Gasteiger partial charge is 0.495 e. The molecule has 0 atom stereocenters. The van der Waals surface area contributed by atoms with E-state index in [1.807, 2.05) is 0 Å². The fourth-order valence-corrected chi connectivity index (χ4v) is 1.43. The highest BCUT2D eigenvalue weighted by Crippen LogP contribution is 2.23. The first-order valence-electron chi connectivity index (χ1n) is 4.62. The van der Waals surface area contributed by atoms with Crippen LogP contribution < -0.4 is 4.74 Å². The predicted molar refractivity (Wildman–Crippen MR) is 57.1 cm³/mol. The Hall–Kier alpha value is -2.30. The highest BCUT2D eigenvalue weighted by molar-refractivity contribution is 5.88. The lowest BCUT2D eigenvalue weighted by Crippen LogP contribution is -2.01. The predicted octanol–water partition coefficient (Wildman–Crippen LogP) is 1.58. The summed E-state index contributed by atoms with van der Waals surface area (Å²) in [5, 5.41) is 8.90. The van der Waals surface area contributed by atoms with Gasteiger partial charge in [0.25, 0.3) is 0 Å². The molecule has 0 unspecified atom stereocenters. The van der Waals surface area contributed by atoms with Crippen molar-refractivity contribution in [2.45, 2.75) is 0 Å². The molecule has 0 spiro atoms. The van der Waals surface area contributed by atoms with Crippen LogP contribution in [0.5, 0.6) is 5.75 Å². The Bertz CT molecular complexity index is 506. The van der Waals surface area contributed by atoms with Gasteiger partial charge < -0.3 is 14.4 Å². The number of ether oxygens (including phenoxy) is 1. The SMILES string of the molecule is COc1ccc(C(=O)O)cc1-n1ccnc1. The van der Waals surface area contributed by atoms with Crippen molar-refractivity contribution >= 4 is 5.97 Å². The van der Waals surface area contributed by atoms with E-state index in [1.54, 1.807) is 35.4 Å². The number of methoxy groups -OCH3 is 1. The van der Waals surface area contributed by atoms with E-state index in [0.29, 0.717) is 11.4 Å². The molecule has 0 aliphatic heterocycles. The van der Waals surface area contributed by atoms with Gasteiger partial charge in [-0.1, -0.05) is 0 Å². The summed E-state index contributed by atoms with van der Waals surface area (Å²) in [6.45, 7) is 0. The quantitative estimate of drug-likeness (QED) is 0.849. The van der Waals surface area contributed by atoms with Crippen LogP contribution in [0, 0.1) is 0 Å². The number of aromatic carboxylic acids is 1. The van der Waals surface area contributed by atoms with Gasteiger partial charge in [0.2, 0.25) is 0 Å². The molecule has 1 aromatic heterocycles. The standard InChI is InChI=1S/C11H10N2O3/c1-16-10-3-2-8(11(14)15)6-9(10)13-5-4-12-7-13/h2-7H,1H3,(H,14,15). The van der Waals surface area contributed by atoms with Crippen LogP contribution in [0.15, 0.2) is 36.9 Å². The molecule has 0 radical (unpaired) electrons. The fraction of sp³-hybridized carbons (Fsp3) is 0.0909. The minimum absolute atomic E-state index is 0.213. The summed E-state index contributed by atoms with van der Waals surface area (Å²) in [5.74, 6) is -0.369. The van der Waals surface area contributed by atoms with Gasteiger partial charge in [-0.3, -0.25) is 0 Å². The van der Waals surface area contributed by atoms with Crippen LogP contribution in [0.3, 0.4) is 0 Å². The highest BCUT2D eigenvalue weighted by atomic mass is 16.5. The van der Waals surface area contributed by atoms with Crippen molar-refractivity contribution in [3.8, 4) is 11.4 Å². The zero-order valence-electron chi connectivity index (χ0n) is 8.62. The first-order valence-corrected chi connectivity index (χ1v) is 4.62. The Morgan fingerprint density at radius 3 is 2.88 bits per heavy atom. The number of rotatable bonds is 3. The molecule has 1 N–H and O–H groups in total. The van der Waals surface area contributed by atoms with Gasteiger partial charge in [-0.05, 0) is 18.2 Å². The van der Waals surface area contributed by atoms with Gasteiger partial charge in [-0.25, -0.2) is 9.78 Å². The maximum Gasteiger partial charge on any atom is 0.335 e. The van der Waals surface area contributed by atoms with E-state index in [0.717, 1.165) is 0 Å². The summed E-state index contributed by atoms with van der Waals surface area (Å²) in [7, 11) is 1.54. The van der Waals surface area contributed by atoms with E-state index in [1.165, 1.54) is 13.2 Å². The molecule has 2 rings (SSSR count). The van der Waals surface area contributed by atoms with Gasteiger partial charge in [0, 0.05) is 12.4 Å². The second kappa shape index (κ2) is 4.06. The molecule has 0 saturated carbocycles. The Balaban J connectivity index is 2.56. The van der Waals surface area contributed by atoms with Gasteiger partial charge in [-0.15, -0.1) is 0 Å². The van der Waals surface area contributed by atoms with Gasteiger partial charge in [-0.2, -0.15) is 0 Å². The van der Waals surface area contributed by atoms with Gasteiger partial charge in [0.05, 0.1) is 24.7 Å². The lowest BCUT2D eigenvalue weighted by atomic mass is 10.2. The highest BCUT2D eigenvalue weighted by Gasteiger charge is 2.09. The molecule has 0 fully saturated rings. The Labute approximate surface area is 91.9 Å².